The Morgan fingerprint density at radius 1 is 1.00 bits per heavy atom. The first-order valence-corrected chi connectivity index (χ1v) is 22.0. The molecule has 2 aromatic heterocycles. The van der Waals surface area contributed by atoms with E-state index in [0.29, 0.717) is 66.5 Å². The van der Waals surface area contributed by atoms with Gasteiger partial charge in [-0.25, -0.2) is 13.6 Å². The lowest BCUT2D eigenvalue weighted by Crippen LogP contribution is -2.48. The van der Waals surface area contributed by atoms with Gasteiger partial charge in [0.1, 0.15) is 41.8 Å². The maximum absolute atomic E-state index is 17.1. The number of phenols is 1. The molecule has 3 aliphatic heterocycles. The van der Waals surface area contributed by atoms with Gasteiger partial charge in [0.05, 0.1) is 16.5 Å². The SMILES string of the molecule is CCCCCCCCCCN(C)C(=O)OC[C@@H]1CC[C@@]2(COc3nc(N4CCC[C@@](C)(O)C4)c4cnc(-c5cc(O)cc6ccc(F)c(CC)c56)c(F)c4n3)CCCN12. The molecule has 3 fully saturated rings. The Labute approximate surface area is 347 Å². The standard InChI is InChI=1S/C46H62F2N6O5/c1-5-7-8-9-10-11-12-13-22-52(4)44(56)58-28-32-18-21-46(20-15-24-54(32)46)30-59-43-50-41-36(42(51-43)53-23-14-19-45(3,57)29-53)27-49-40(39(41)48)35-26-33(55)25-31-16-17-37(47)34(6-2)38(31)35/h16-17,25-27,32,55,57H,5-15,18-24,28-30H2,1-4H3/t32-,45+,46+/m0/s1. The van der Waals surface area contributed by atoms with Gasteiger partial charge in [-0.15, -0.1) is 0 Å². The van der Waals surface area contributed by atoms with Gasteiger partial charge in [0.2, 0.25) is 0 Å². The zero-order valence-electron chi connectivity index (χ0n) is 35.4. The molecule has 7 rings (SSSR count). The molecule has 13 heteroatoms. The maximum atomic E-state index is 17.1. The summed E-state index contributed by atoms with van der Waals surface area (Å²) in [5.74, 6) is -0.841. The Hall–Kier alpha value is -4.36. The highest BCUT2D eigenvalue weighted by Gasteiger charge is 2.50. The minimum atomic E-state index is -0.975. The number of aromatic hydroxyl groups is 1. The van der Waals surface area contributed by atoms with Crippen LogP contribution < -0.4 is 9.64 Å². The van der Waals surface area contributed by atoms with E-state index in [9.17, 15) is 15.0 Å². The molecule has 3 aliphatic rings. The number of β-amino-alcohol motifs (C(OH)–C–C–N with tert-alkyl or cyclic N) is 1. The van der Waals surface area contributed by atoms with Crippen LogP contribution in [0, 0.1) is 11.6 Å². The van der Waals surface area contributed by atoms with Crippen LogP contribution in [0.15, 0.2) is 30.5 Å². The second kappa shape index (κ2) is 18.5. The molecular weight excluding hydrogens is 755 g/mol. The third kappa shape index (κ3) is 9.36. The highest BCUT2D eigenvalue weighted by Crippen LogP contribution is 2.44. The summed E-state index contributed by atoms with van der Waals surface area (Å²) in [6.45, 7) is 8.84. The van der Waals surface area contributed by atoms with Gasteiger partial charge >= 0.3 is 12.1 Å². The first kappa shape index (κ1) is 42.8. The van der Waals surface area contributed by atoms with Crippen LogP contribution in [0.5, 0.6) is 11.8 Å². The van der Waals surface area contributed by atoms with Gasteiger partial charge in [0, 0.05) is 44.5 Å². The van der Waals surface area contributed by atoms with E-state index in [1.807, 2.05) is 18.9 Å². The molecule has 1 amide bonds. The van der Waals surface area contributed by atoms with Gasteiger partial charge in [-0.2, -0.15) is 9.97 Å². The fourth-order valence-corrected chi connectivity index (χ4v) is 9.79. The van der Waals surface area contributed by atoms with Crippen LogP contribution in [0.1, 0.15) is 116 Å². The van der Waals surface area contributed by atoms with Gasteiger partial charge in [-0.05, 0) is 99.4 Å². The Kier molecular flexibility index (Phi) is 13.4. The van der Waals surface area contributed by atoms with Crippen molar-refractivity contribution in [1.82, 2.24) is 24.8 Å². The number of rotatable bonds is 17. The second-order valence-electron chi connectivity index (χ2n) is 17.5. The summed E-state index contributed by atoms with van der Waals surface area (Å²) in [5, 5.41) is 23.2. The van der Waals surface area contributed by atoms with Crippen LogP contribution in [0.25, 0.3) is 32.9 Å². The molecule has 0 unspecified atom stereocenters. The number of hydrogen-bond acceptors (Lipinski definition) is 10. The highest BCUT2D eigenvalue weighted by atomic mass is 19.1. The Morgan fingerprint density at radius 2 is 1.76 bits per heavy atom. The fourth-order valence-electron chi connectivity index (χ4n) is 9.79. The third-order valence-corrected chi connectivity index (χ3v) is 12.9. The minimum Gasteiger partial charge on any atom is -0.508 e. The Morgan fingerprint density at radius 3 is 2.53 bits per heavy atom. The topological polar surface area (TPSA) is 124 Å². The number of nitrogens with zero attached hydrogens (tertiary/aromatic N) is 6. The van der Waals surface area contributed by atoms with Crippen molar-refractivity contribution in [2.45, 2.75) is 134 Å². The predicted octanol–water partition coefficient (Wildman–Crippen LogP) is 9.33. The Balaban J connectivity index is 1.10. The number of unbranched alkanes of at least 4 members (excludes halogenated alkanes) is 7. The van der Waals surface area contributed by atoms with Gasteiger partial charge in [-0.3, -0.25) is 9.88 Å². The van der Waals surface area contributed by atoms with Crippen LogP contribution in [0.4, 0.5) is 19.4 Å². The van der Waals surface area contributed by atoms with E-state index in [4.69, 9.17) is 14.5 Å². The van der Waals surface area contributed by atoms with E-state index < -0.39 is 17.2 Å². The summed E-state index contributed by atoms with van der Waals surface area (Å²) in [7, 11) is 1.81. The van der Waals surface area contributed by atoms with Gasteiger partial charge < -0.3 is 29.5 Å². The molecule has 0 spiro atoms. The van der Waals surface area contributed by atoms with Crippen molar-refractivity contribution >= 4 is 33.6 Å². The van der Waals surface area contributed by atoms with E-state index in [1.54, 1.807) is 17.9 Å². The lowest BCUT2D eigenvalue weighted by atomic mass is 9.94. The number of ether oxygens (including phenoxy) is 2. The number of benzene rings is 2. The van der Waals surface area contributed by atoms with E-state index >= 15 is 8.78 Å². The summed E-state index contributed by atoms with van der Waals surface area (Å²) in [6, 6.07) is 5.94. The zero-order chi connectivity index (χ0) is 41.7. The number of aliphatic hydroxyl groups is 1. The number of phenolic OH excluding ortho intramolecular Hbond substituents is 1. The number of fused-ring (bicyclic) bond motifs is 3. The number of aromatic nitrogens is 3. The molecule has 0 radical (unpaired) electrons. The summed E-state index contributed by atoms with van der Waals surface area (Å²) >= 11 is 0. The molecule has 2 aromatic carbocycles. The van der Waals surface area contributed by atoms with Crippen LogP contribution in [0.3, 0.4) is 0 Å². The molecular formula is C46H62F2N6O5. The number of halogens is 2. The summed E-state index contributed by atoms with van der Waals surface area (Å²) in [5.41, 5.74) is -0.709. The number of anilines is 1. The van der Waals surface area contributed by atoms with E-state index in [0.717, 1.165) is 45.1 Å². The van der Waals surface area contributed by atoms with Crippen LogP contribution in [0.2, 0.25) is 0 Å². The molecule has 5 heterocycles. The van der Waals surface area contributed by atoms with E-state index in [1.165, 1.54) is 62.9 Å². The molecule has 3 atom stereocenters. The fraction of sp³-hybridized carbons (Fsp3) is 0.609. The molecule has 0 saturated carbocycles. The van der Waals surface area contributed by atoms with E-state index in [-0.39, 0.29) is 59.4 Å². The average molecular weight is 817 g/mol. The summed E-state index contributed by atoms with van der Waals surface area (Å²) in [4.78, 5) is 33.1. The van der Waals surface area contributed by atoms with Gasteiger partial charge in [0.25, 0.3) is 0 Å². The van der Waals surface area contributed by atoms with Crippen LogP contribution >= 0.6 is 0 Å². The minimum absolute atomic E-state index is 0.00788. The largest absolute Gasteiger partial charge is 0.508 e. The lowest BCUT2D eigenvalue weighted by molar-refractivity contribution is 0.0438. The number of carbonyl (C=O) groups is 1. The molecule has 320 valence electrons. The molecule has 59 heavy (non-hydrogen) atoms. The van der Waals surface area contributed by atoms with Crippen LogP contribution in [-0.2, 0) is 11.2 Å². The predicted molar refractivity (Wildman–Crippen MR) is 227 cm³/mol. The smallest absolute Gasteiger partial charge is 0.409 e. The quantitative estimate of drug-likeness (QED) is 0.0997. The molecule has 3 saturated heterocycles. The first-order chi connectivity index (χ1) is 28.4. The molecule has 2 N–H and O–H groups in total. The number of hydrogen-bond donors (Lipinski definition) is 2. The molecule has 4 aromatic rings. The number of aryl methyl sites for hydroxylation is 1. The maximum Gasteiger partial charge on any atom is 0.409 e. The number of amides is 1. The van der Waals surface area contributed by atoms with Gasteiger partial charge in [0.15, 0.2) is 5.82 Å². The zero-order valence-corrected chi connectivity index (χ0v) is 35.4. The Bertz CT molecular complexity index is 2120. The lowest BCUT2D eigenvalue weighted by Gasteiger charge is -2.38. The summed E-state index contributed by atoms with van der Waals surface area (Å²) in [6.07, 6.45) is 16.2. The number of piperidine rings is 1. The van der Waals surface area contributed by atoms with Crippen molar-refractivity contribution in [3.8, 4) is 23.0 Å². The molecule has 0 aliphatic carbocycles. The van der Waals surface area contributed by atoms with Crippen molar-refractivity contribution in [3.05, 3.63) is 47.7 Å². The van der Waals surface area contributed by atoms with Crippen molar-refractivity contribution in [3.63, 3.8) is 0 Å². The summed E-state index contributed by atoms with van der Waals surface area (Å²) < 4.78 is 44.6. The normalized spacial score (nSPS) is 22.0. The average Bonchev–Trinajstić information content (AvgIpc) is 3.79. The molecule has 11 nitrogen and oxygen atoms in total. The van der Waals surface area contributed by atoms with Crippen molar-refractivity contribution in [1.29, 1.82) is 0 Å². The number of pyridine rings is 1. The van der Waals surface area contributed by atoms with Crippen molar-refractivity contribution in [2.24, 2.45) is 0 Å². The van der Waals surface area contributed by atoms with Gasteiger partial charge in [-0.1, -0.05) is 64.9 Å². The highest BCUT2D eigenvalue weighted by molar-refractivity contribution is 6.01. The van der Waals surface area contributed by atoms with Crippen LogP contribution in [-0.4, -0.2) is 105 Å². The first-order valence-electron chi connectivity index (χ1n) is 22.0. The van der Waals surface area contributed by atoms with E-state index in [2.05, 4.69) is 21.8 Å². The van der Waals surface area contributed by atoms with Crippen molar-refractivity contribution < 1.29 is 33.3 Å². The number of carbonyl (C=O) groups excluding carboxylic acids is 1. The third-order valence-electron chi connectivity index (χ3n) is 12.9. The van der Waals surface area contributed by atoms with Crippen molar-refractivity contribution in [2.75, 3.05) is 51.3 Å². The second-order valence-corrected chi connectivity index (χ2v) is 17.5. The molecule has 0 bridgehead atoms. The monoisotopic (exact) mass is 816 g/mol.